The molecule has 0 unspecified atom stereocenters. The molecule has 1 N–H and O–H groups in total. The standard InChI is InChI=1S/C16H13F2NO4S/c17-11-1-2-13(18)12(7-11)14(20)8-23-15(21)3-5-19-16(22)10-4-6-24-9-10/h1-2,4,6-7,9H,3,5,8H2,(H,19,22). The van der Waals surface area contributed by atoms with Crippen molar-refractivity contribution in [3.05, 3.63) is 57.8 Å². The van der Waals surface area contributed by atoms with E-state index in [9.17, 15) is 23.2 Å². The van der Waals surface area contributed by atoms with Gasteiger partial charge in [0.05, 0.1) is 12.0 Å². The van der Waals surface area contributed by atoms with Crippen molar-refractivity contribution in [1.29, 1.82) is 0 Å². The van der Waals surface area contributed by atoms with Gasteiger partial charge in [-0.25, -0.2) is 8.78 Å². The van der Waals surface area contributed by atoms with Gasteiger partial charge in [0.15, 0.2) is 6.61 Å². The lowest BCUT2D eigenvalue weighted by atomic mass is 10.1. The van der Waals surface area contributed by atoms with Crippen LogP contribution in [0.5, 0.6) is 0 Å². The summed E-state index contributed by atoms with van der Waals surface area (Å²) in [6, 6.07) is 4.09. The Kier molecular flexibility index (Phi) is 6.14. The lowest BCUT2D eigenvalue weighted by Gasteiger charge is -2.06. The number of halogens is 2. The fraction of sp³-hybridized carbons (Fsp3) is 0.188. The summed E-state index contributed by atoms with van der Waals surface area (Å²) in [5, 5.41) is 5.94. The van der Waals surface area contributed by atoms with Gasteiger partial charge in [-0.15, -0.1) is 0 Å². The zero-order chi connectivity index (χ0) is 17.5. The highest BCUT2D eigenvalue weighted by Crippen LogP contribution is 2.10. The van der Waals surface area contributed by atoms with Crippen molar-refractivity contribution >= 4 is 29.0 Å². The van der Waals surface area contributed by atoms with Crippen LogP contribution >= 0.6 is 11.3 Å². The van der Waals surface area contributed by atoms with Crippen LogP contribution in [0, 0.1) is 11.6 Å². The summed E-state index contributed by atoms with van der Waals surface area (Å²) in [6.45, 7) is -0.659. The molecule has 1 aromatic carbocycles. The van der Waals surface area contributed by atoms with Gasteiger partial charge in [0.2, 0.25) is 5.78 Å². The van der Waals surface area contributed by atoms with Crippen LogP contribution in [-0.2, 0) is 9.53 Å². The van der Waals surface area contributed by atoms with E-state index < -0.39 is 35.6 Å². The van der Waals surface area contributed by atoms with Gasteiger partial charge in [0.1, 0.15) is 11.6 Å². The highest BCUT2D eigenvalue weighted by molar-refractivity contribution is 7.08. The largest absolute Gasteiger partial charge is 0.457 e. The zero-order valence-corrected chi connectivity index (χ0v) is 13.2. The molecule has 24 heavy (non-hydrogen) atoms. The van der Waals surface area contributed by atoms with Crippen LogP contribution in [0.4, 0.5) is 8.78 Å². The molecule has 0 aliphatic carbocycles. The fourth-order valence-electron chi connectivity index (χ4n) is 1.78. The maximum atomic E-state index is 13.4. The van der Waals surface area contributed by atoms with Gasteiger partial charge in [-0.3, -0.25) is 14.4 Å². The average Bonchev–Trinajstić information content (AvgIpc) is 3.09. The molecule has 0 spiro atoms. The molecule has 0 saturated heterocycles. The summed E-state index contributed by atoms with van der Waals surface area (Å²) in [6.07, 6.45) is -0.144. The van der Waals surface area contributed by atoms with Gasteiger partial charge in [0.25, 0.3) is 5.91 Å². The predicted molar refractivity (Wildman–Crippen MR) is 82.9 cm³/mol. The second-order valence-corrected chi connectivity index (χ2v) is 5.51. The quantitative estimate of drug-likeness (QED) is 0.613. The smallest absolute Gasteiger partial charge is 0.308 e. The van der Waals surface area contributed by atoms with Crippen LogP contribution < -0.4 is 5.32 Å². The number of amides is 1. The number of Topliss-reactive ketones (excluding diaryl/α,β-unsaturated/α-hetero) is 1. The van der Waals surface area contributed by atoms with E-state index in [1.54, 1.807) is 16.8 Å². The van der Waals surface area contributed by atoms with E-state index >= 15 is 0 Å². The Hall–Kier alpha value is -2.61. The van der Waals surface area contributed by atoms with Crippen LogP contribution in [-0.4, -0.2) is 30.8 Å². The van der Waals surface area contributed by atoms with Gasteiger partial charge in [-0.2, -0.15) is 11.3 Å². The Bertz CT molecular complexity index is 747. The van der Waals surface area contributed by atoms with Crippen LogP contribution in [0.1, 0.15) is 27.1 Å². The van der Waals surface area contributed by atoms with Gasteiger partial charge >= 0.3 is 5.97 Å². The van der Waals surface area contributed by atoms with Gasteiger partial charge in [-0.1, -0.05) is 0 Å². The molecule has 1 amide bonds. The molecule has 2 aromatic rings. The second-order valence-electron chi connectivity index (χ2n) is 4.73. The molecule has 1 aromatic heterocycles. The molecule has 0 bridgehead atoms. The summed E-state index contributed by atoms with van der Waals surface area (Å²) < 4.78 is 31.1. The first-order valence-corrected chi connectivity index (χ1v) is 7.86. The maximum Gasteiger partial charge on any atom is 0.308 e. The van der Waals surface area contributed by atoms with Crippen LogP contribution in [0.25, 0.3) is 0 Å². The van der Waals surface area contributed by atoms with Crippen molar-refractivity contribution in [3.8, 4) is 0 Å². The minimum absolute atomic E-state index is 0.0377. The second kappa shape index (κ2) is 8.30. The molecule has 0 saturated carbocycles. The molecule has 0 radical (unpaired) electrons. The number of esters is 1. The molecule has 1 heterocycles. The number of nitrogens with one attached hydrogen (secondary N) is 1. The lowest BCUT2D eigenvalue weighted by molar-refractivity contribution is -0.142. The van der Waals surface area contributed by atoms with Crippen molar-refractivity contribution in [2.75, 3.05) is 13.2 Å². The van der Waals surface area contributed by atoms with Crippen molar-refractivity contribution < 1.29 is 27.9 Å². The number of thiophene rings is 1. The normalized spacial score (nSPS) is 10.2. The Labute approximate surface area is 140 Å². The highest BCUT2D eigenvalue weighted by atomic mass is 32.1. The molecule has 126 valence electrons. The first-order chi connectivity index (χ1) is 11.5. The van der Waals surface area contributed by atoms with Gasteiger partial charge < -0.3 is 10.1 Å². The maximum absolute atomic E-state index is 13.4. The van der Waals surface area contributed by atoms with E-state index in [4.69, 9.17) is 4.74 Å². The predicted octanol–water partition coefficient (Wildman–Crippen LogP) is 2.57. The van der Waals surface area contributed by atoms with Gasteiger partial charge in [-0.05, 0) is 29.6 Å². The molecule has 2 rings (SSSR count). The molecular weight excluding hydrogens is 340 g/mol. The Balaban J connectivity index is 1.74. The first kappa shape index (κ1) is 17.7. The molecule has 0 atom stereocenters. The zero-order valence-electron chi connectivity index (χ0n) is 12.4. The number of hydrogen-bond acceptors (Lipinski definition) is 5. The number of benzene rings is 1. The lowest BCUT2D eigenvalue weighted by Crippen LogP contribution is -2.26. The summed E-state index contributed by atoms with van der Waals surface area (Å²) in [5.74, 6) is -3.54. The van der Waals surface area contributed by atoms with E-state index in [1.807, 2.05) is 0 Å². The third kappa shape index (κ3) is 4.95. The average molecular weight is 353 g/mol. The van der Waals surface area contributed by atoms with Crippen molar-refractivity contribution in [3.63, 3.8) is 0 Å². The van der Waals surface area contributed by atoms with Crippen molar-refractivity contribution in [1.82, 2.24) is 5.32 Å². The van der Waals surface area contributed by atoms with Gasteiger partial charge in [0, 0.05) is 17.5 Å². The number of rotatable bonds is 7. The number of hydrogen-bond donors (Lipinski definition) is 1. The Morgan fingerprint density at radius 3 is 2.67 bits per heavy atom. The minimum atomic E-state index is -0.888. The Morgan fingerprint density at radius 2 is 1.96 bits per heavy atom. The third-order valence-electron chi connectivity index (χ3n) is 2.99. The molecule has 0 fully saturated rings. The fourth-order valence-corrected chi connectivity index (χ4v) is 2.42. The van der Waals surface area contributed by atoms with Crippen LogP contribution in [0.2, 0.25) is 0 Å². The number of ketones is 1. The van der Waals surface area contributed by atoms with E-state index in [-0.39, 0.29) is 18.9 Å². The summed E-state index contributed by atoms with van der Waals surface area (Å²) in [4.78, 5) is 34.8. The molecule has 0 aliphatic heterocycles. The highest BCUT2D eigenvalue weighted by Gasteiger charge is 2.15. The van der Waals surface area contributed by atoms with Crippen molar-refractivity contribution in [2.45, 2.75) is 6.42 Å². The number of ether oxygens (including phenoxy) is 1. The SMILES string of the molecule is O=C(CCNC(=O)c1ccsc1)OCC(=O)c1cc(F)ccc1F. The van der Waals surface area contributed by atoms with E-state index in [0.29, 0.717) is 5.56 Å². The topological polar surface area (TPSA) is 72.5 Å². The number of carbonyl (C=O) groups excluding carboxylic acids is 3. The first-order valence-electron chi connectivity index (χ1n) is 6.91. The van der Waals surface area contributed by atoms with E-state index in [1.165, 1.54) is 11.3 Å². The molecule has 5 nitrogen and oxygen atoms in total. The summed E-state index contributed by atoms with van der Waals surface area (Å²) >= 11 is 1.37. The Morgan fingerprint density at radius 1 is 1.17 bits per heavy atom. The minimum Gasteiger partial charge on any atom is -0.457 e. The molecule has 8 heteroatoms. The monoisotopic (exact) mass is 353 g/mol. The third-order valence-corrected chi connectivity index (χ3v) is 3.67. The van der Waals surface area contributed by atoms with Crippen molar-refractivity contribution in [2.24, 2.45) is 0 Å². The summed E-state index contributed by atoms with van der Waals surface area (Å²) in [5.41, 5.74) is 0.0127. The summed E-state index contributed by atoms with van der Waals surface area (Å²) in [7, 11) is 0. The number of carbonyl (C=O) groups is 3. The molecule has 0 aliphatic rings. The van der Waals surface area contributed by atoms with Crippen LogP contribution in [0.15, 0.2) is 35.0 Å². The van der Waals surface area contributed by atoms with E-state index in [2.05, 4.69) is 5.32 Å². The van der Waals surface area contributed by atoms with Crippen LogP contribution in [0.3, 0.4) is 0 Å². The molecular formula is C16H13F2NO4S. The van der Waals surface area contributed by atoms with E-state index in [0.717, 1.165) is 18.2 Å².